The van der Waals surface area contributed by atoms with Crippen molar-refractivity contribution >= 4 is 41.6 Å². The normalized spacial score (nSPS) is 16.2. The molecule has 0 heterocycles. The van der Waals surface area contributed by atoms with Crippen LogP contribution in [0.15, 0.2) is 0 Å². The highest BCUT2D eigenvalue weighted by atomic mass is 31.2. The highest BCUT2D eigenvalue weighted by Gasteiger charge is 2.44. The molecule has 52 heavy (non-hydrogen) atoms. The van der Waals surface area contributed by atoms with Crippen LogP contribution in [0.5, 0.6) is 0 Å². The number of aliphatic hydroxyl groups excluding tert-OH is 1. The Kier molecular flexibility index (Phi) is 27.8. The summed E-state index contributed by atoms with van der Waals surface area (Å²) in [4.78, 5) is 12.3. The lowest BCUT2D eigenvalue weighted by Gasteiger charge is -2.41. The summed E-state index contributed by atoms with van der Waals surface area (Å²) in [6.45, 7) is 23.1. The minimum atomic E-state index is -4.54. The van der Waals surface area contributed by atoms with Crippen LogP contribution in [-0.2, 0) is 30.7 Å². The Bertz CT molecular complexity index is 938. The van der Waals surface area contributed by atoms with Gasteiger partial charge in [0.2, 0.25) is 0 Å². The molecule has 0 aliphatic rings. The van der Waals surface area contributed by atoms with Gasteiger partial charge in [0, 0.05) is 6.61 Å². The number of rotatable bonds is 36. The van der Waals surface area contributed by atoms with Gasteiger partial charge in [-0.15, -0.1) is 0 Å². The van der Waals surface area contributed by atoms with Crippen molar-refractivity contribution in [3.8, 4) is 0 Å². The van der Waals surface area contributed by atoms with E-state index in [4.69, 9.17) is 26.1 Å². The van der Waals surface area contributed by atoms with E-state index in [2.05, 4.69) is 79.9 Å². The quantitative estimate of drug-likeness (QED) is 0.0285. The largest absolute Gasteiger partial charge is 0.756 e. The number of phosphoric ester groups is 1. The number of hydrogen-bond acceptors (Lipinski definition) is 9. The van der Waals surface area contributed by atoms with Crippen molar-refractivity contribution in [3.05, 3.63) is 0 Å². The standard InChI is InChI=1S/C37H86NO9PSi4/c1-13-14-15-16-17-18-19-20-21-22-23-24-25-26-27-28-30-38(2,3)35-37(39)36-44-48(40,41)43-33-32-42-31-29-34-52(12,46-50(7,8)9)47-51(10,11)45-49(4,5)6/h37,39H,13-36H2,1-12H3. The summed E-state index contributed by atoms with van der Waals surface area (Å²) in [5.74, 6) is 0. The molecular formula is C37H86NO9PSi4. The molecule has 0 spiro atoms. The van der Waals surface area contributed by atoms with E-state index in [0.29, 0.717) is 17.6 Å². The fraction of sp³-hybridized carbons (Fsp3) is 1.00. The zero-order valence-electron chi connectivity index (χ0n) is 36.2. The van der Waals surface area contributed by atoms with E-state index in [0.717, 1.165) is 25.4 Å². The Morgan fingerprint density at radius 2 is 1.08 bits per heavy atom. The van der Waals surface area contributed by atoms with Crippen molar-refractivity contribution in [1.82, 2.24) is 0 Å². The van der Waals surface area contributed by atoms with Gasteiger partial charge in [-0.05, 0) is 84.2 Å². The van der Waals surface area contributed by atoms with Gasteiger partial charge in [-0.3, -0.25) is 4.57 Å². The fourth-order valence-electron chi connectivity index (χ4n) is 6.87. The van der Waals surface area contributed by atoms with Crippen molar-refractivity contribution in [3.63, 3.8) is 0 Å². The van der Waals surface area contributed by atoms with Gasteiger partial charge in [0.15, 0.2) is 16.6 Å². The monoisotopic (exact) mass is 832 g/mol. The lowest BCUT2D eigenvalue weighted by molar-refractivity contribution is -0.893. The predicted octanol–water partition coefficient (Wildman–Crippen LogP) is 10.1. The smallest absolute Gasteiger partial charge is 0.315 e. The average Bonchev–Trinajstić information content (AvgIpc) is 2.96. The number of unbranched alkanes of at least 4 members (excludes halogenated alkanes) is 15. The van der Waals surface area contributed by atoms with E-state index in [1.54, 1.807) is 0 Å². The number of phosphoric acid groups is 1. The van der Waals surface area contributed by atoms with Gasteiger partial charge in [0.25, 0.3) is 7.82 Å². The van der Waals surface area contributed by atoms with Crippen LogP contribution in [0.1, 0.15) is 116 Å². The van der Waals surface area contributed by atoms with E-state index in [-0.39, 0.29) is 19.8 Å². The summed E-state index contributed by atoms with van der Waals surface area (Å²) in [7, 11) is -8.90. The molecule has 15 heteroatoms. The molecule has 0 aliphatic heterocycles. The molecule has 0 fully saturated rings. The van der Waals surface area contributed by atoms with Crippen LogP contribution in [-0.4, -0.2) is 103 Å². The fourth-order valence-corrected chi connectivity index (χ4v) is 25.5. The lowest BCUT2D eigenvalue weighted by Crippen LogP contribution is -2.56. The molecule has 314 valence electrons. The average molecular weight is 832 g/mol. The minimum absolute atomic E-state index is 0.119. The third kappa shape index (κ3) is 34.0. The third-order valence-electron chi connectivity index (χ3n) is 8.68. The number of hydrogen-bond donors (Lipinski definition) is 1. The van der Waals surface area contributed by atoms with Gasteiger partial charge < -0.3 is 40.6 Å². The molecule has 0 saturated carbocycles. The number of quaternary nitrogens is 1. The Labute approximate surface area is 326 Å². The molecule has 0 saturated heterocycles. The Morgan fingerprint density at radius 3 is 1.54 bits per heavy atom. The van der Waals surface area contributed by atoms with Crippen LogP contribution in [0.25, 0.3) is 0 Å². The molecular weight excluding hydrogens is 746 g/mol. The molecule has 3 unspecified atom stereocenters. The van der Waals surface area contributed by atoms with Crippen LogP contribution in [0.3, 0.4) is 0 Å². The molecule has 3 atom stereocenters. The summed E-state index contributed by atoms with van der Waals surface area (Å²) in [6, 6.07) is 0.763. The Hall–Kier alpha value is 0.738. The molecule has 0 aliphatic carbocycles. The third-order valence-corrected chi connectivity index (χ3v) is 23.2. The maximum absolute atomic E-state index is 12.3. The van der Waals surface area contributed by atoms with Gasteiger partial charge in [-0.2, -0.15) is 0 Å². The molecule has 0 radical (unpaired) electrons. The van der Waals surface area contributed by atoms with Crippen molar-refractivity contribution in [2.24, 2.45) is 0 Å². The van der Waals surface area contributed by atoms with Crippen molar-refractivity contribution in [1.29, 1.82) is 0 Å². The van der Waals surface area contributed by atoms with E-state index < -0.39 is 47.7 Å². The Balaban J connectivity index is 4.14. The first-order chi connectivity index (χ1) is 24.0. The summed E-state index contributed by atoms with van der Waals surface area (Å²) in [5, 5.41) is 10.5. The zero-order valence-corrected chi connectivity index (χ0v) is 41.0. The first-order valence-electron chi connectivity index (χ1n) is 20.8. The van der Waals surface area contributed by atoms with Crippen LogP contribution in [0.4, 0.5) is 0 Å². The minimum Gasteiger partial charge on any atom is -0.756 e. The number of aliphatic hydroxyl groups is 1. The van der Waals surface area contributed by atoms with Gasteiger partial charge in [-0.25, -0.2) is 0 Å². The van der Waals surface area contributed by atoms with E-state index in [1.165, 1.54) is 96.3 Å². The molecule has 0 amide bonds. The van der Waals surface area contributed by atoms with Gasteiger partial charge in [0.05, 0.1) is 40.5 Å². The van der Waals surface area contributed by atoms with E-state index in [9.17, 15) is 14.6 Å². The topological polar surface area (TPSA) is 116 Å². The summed E-state index contributed by atoms with van der Waals surface area (Å²) >= 11 is 0. The maximum Gasteiger partial charge on any atom is 0.315 e. The SMILES string of the molecule is CCCCCCCCCCCCCCCCCC[N+](C)(C)CC(O)COP(=O)([O-])OCCOCCC[Si](C)(O[Si](C)(C)C)O[Si](C)(C)O[Si](C)(C)C. The van der Waals surface area contributed by atoms with Crippen LogP contribution < -0.4 is 4.89 Å². The second-order valence-electron chi connectivity index (χ2n) is 18.2. The van der Waals surface area contributed by atoms with Crippen molar-refractivity contribution in [2.45, 2.75) is 187 Å². The summed E-state index contributed by atoms with van der Waals surface area (Å²) < 4.78 is 48.3. The Morgan fingerprint density at radius 1 is 0.615 bits per heavy atom. The second kappa shape index (κ2) is 27.4. The molecule has 0 rings (SSSR count). The molecule has 0 aromatic carbocycles. The first-order valence-corrected chi connectivity index (χ1v) is 34.4. The van der Waals surface area contributed by atoms with Gasteiger partial charge in [0.1, 0.15) is 12.6 Å². The second-order valence-corrected chi connectivity index (χ2v) is 36.0. The summed E-state index contributed by atoms with van der Waals surface area (Å²) in [5.41, 5.74) is 0. The molecule has 0 aromatic rings. The highest BCUT2D eigenvalue weighted by molar-refractivity contribution is 7.45. The maximum atomic E-state index is 12.3. The number of nitrogens with zero attached hydrogens (tertiary/aromatic N) is 1. The van der Waals surface area contributed by atoms with Crippen molar-refractivity contribution in [2.75, 3.05) is 53.6 Å². The molecule has 0 aromatic heterocycles. The first kappa shape index (κ1) is 52.7. The van der Waals surface area contributed by atoms with Crippen LogP contribution in [0.2, 0.25) is 65.0 Å². The number of likely N-dealkylation sites (N-methyl/N-ethyl adjacent to an activating group) is 1. The van der Waals surface area contributed by atoms with Crippen LogP contribution >= 0.6 is 7.82 Å². The predicted molar refractivity (Wildman–Crippen MR) is 226 cm³/mol. The molecule has 0 bridgehead atoms. The lowest BCUT2D eigenvalue weighted by atomic mass is 10.0. The zero-order chi connectivity index (χ0) is 39.8. The van der Waals surface area contributed by atoms with Crippen molar-refractivity contribution < 1.29 is 45.2 Å². The van der Waals surface area contributed by atoms with Gasteiger partial charge >= 0.3 is 17.1 Å². The van der Waals surface area contributed by atoms with E-state index in [1.807, 2.05) is 0 Å². The molecule has 1 N–H and O–H groups in total. The highest BCUT2D eigenvalue weighted by Crippen LogP contribution is 2.38. The molecule has 10 nitrogen and oxygen atoms in total. The number of ether oxygens (including phenoxy) is 1. The van der Waals surface area contributed by atoms with E-state index >= 15 is 0 Å². The van der Waals surface area contributed by atoms with Gasteiger partial charge in [-0.1, -0.05) is 96.8 Å². The van der Waals surface area contributed by atoms with Crippen LogP contribution in [0, 0.1) is 0 Å². The summed E-state index contributed by atoms with van der Waals surface area (Å²) in [6.07, 6.45) is 21.3.